The summed E-state index contributed by atoms with van der Waals surface area (Å²) in [7, 11) is -2.14. The highest BCUT2D eigenvalue weighted by molar-refractivity contribution is 7.01. The average Bonchev–Trinajstić information content (AvgIpc) is 3.73. The Morgan fingerprint density at radius 1 is 0.439 bits per heavy atom. The third-order valence-corrected chi connectivity index (χ3v) is 15.8. The summed E-state index contributed by atoms with van der Waals surface area (Å²) in [4.78, 5) is 0. The van der Waals surface area contributed by atoms with Crippen LogP contribution >= 0.6 is 0 Å². The van der Waals surface area contributed by atoms with E-state index in [0.717, 1.165) is 59.4 Å². The Morgan fingerprint density at radius 3 is 1.47 bits per heavy atom. The minimum atomic E-state index is -2.14. The predicted octanol–water partition coefficient (Wildman–Crippen LogP) is 14.3. The van der Waals surface area contributed by atoms with Gasteiger partial charge in [0.2, 0.25) is 0 Å². The molecule has 1 aliphatic heterocycles. The van der Waals surface area contributed by atoms with E-state index < -0.39 is 14.0 Å². The lowest BCUT2D eigenvalue weighted by molar-refractivity contribution is 0.487. The van der Waals surface area contributed by atoms with E-state index in [1.165, 1.54) is 60.4 Å². The van der Waals surface area contributed by atoms with Crippen LogP contribution < -0.4 is 15.1 Å². The van der Waals surface area contributed by atoms with Gasteiger partial charge in [0.15, 0.2) is 0 Å². The molecule has 0 N–H and O–H groups in total. The van der Waals surface area contributed by atoms with Crippen molar-refractivity contribution in [1.29, 1.82) is 0 Å². The van der Waals surface area contributed by atoms with E-state index in [4.69, 9.17) is 4.74 Å². The van der Waals surface area contributed by atoms with Gasteiger partial charge in [0.25, 0.3) is 0 Å². The van der Waals surface area contributed by atoms with E-state index in [1.54, 1.807) is 0 Å². The smallest absolute Gasteiger partial charge is 0.135 e. The first-order valence-electron chi connectivity index (χ1n) is 20.9. The normalized spacial score (nSPS) is 15.2. The van der Waals surface area contributed by atoms with Gasteiger partial charge in [-0.25, -0.2) is 0 Å². The van der Waals surface area contributed by atoms with Crippen LogP contribution in [0.2, 0.25) is 13.1 Å². The summed E-state index contributed by atoms with van der Waals surface area (Å²) < 4.78 is 17.1. The molecule has 0 bridgehead atoms. The van der Waals surface area contributed by atoms with Crippen molar-refractivity contribution in [2.45, 2.75) is 44.7 Å². The lowest BCUT2D eigenvalue weighted by atomic mass is 9.78. The molecule has 2 aliphatic rings. The molecule has 8 aromatic carbocycles. The largest absolute Gasteiger partial charge is 0.457 e. The van der Waals surface area contributed by atoms with Crippen molar-refractivity contribution in [3.63, 3.8) is 0 Å². The zero-order valence-electron chi connectivity index (χ0n) is 33.6. The molecule has 0 radical (unpaired) electrons. The van der Waals surface area contributed by atoms with E-state index in [1.807, 2.05) is 0 Å². The second-order valence-corrected chi connectivity index (χ2v) is 20.4. The van der Waals surface area contributed by atoms with Crippen LogP contribution in [0.15, 0.2) is 188 Å². The van der Waals surface area contributed by atoms with Gasteiger partial charge in [0, 0.05) is 6.93 Å². The summed E-state index contributed by atoms with van der Waals surface area (Å²) in [6.07, 6.45) is 3.84. The molecular formula is C55H46OSi. The molecular weight excluding hydrogens is 705 g/mol. The minimum absolute atomic E-state index is 0.676. The summed E-state index contributed by atoms with van der Waals surface area (Å²) >= 11 is 0. The van der Waals surface area contributed by atoms with Gasteiger partial charge >= 0.3 is 0 Å². The number of hydrogen-bond donors (Lipinski definition) is 0. The number of benzene rings is 8. The fourth-order valence-electron chi connectivity index (χ4n) is 9.46. The molecule has 1 aliphatic carbocycles. The summed E-state index contributed by atoms with van der Waals surface area (Å²) in [5, 5.41) is 2.62. The number of para-hydroxylation sites is 1. The first kappa shape index (κ1) is 34.1. The standard InChI is InChI=1S/C55H46OSi/c1-57(2)49-33-18-17-32-48(49)56-55-50(57)35-34-45(38-24-15-16-25-38)53(55)43-30-19-31-44(36-43)54-51(41-26-11-5-12-27-41)46(39-20-7-3-8-21-39)37-47(40-22-9-4-10-23-40)52(54)42-28-13-6-14-29-42/h3-14,17-23,26-38H,15-16,24-25H2,1-2H3/i38D. The molecule has 10 rings (SSSR count). The van der Waals surface area contributed by atoms with Crippen LogP contribution in [-0.4, -0.2) is 8.07 Å². The Balaban J connectivity index is 1.32. The molecule has 276 valence electrons. The summed E-state index contributed by atoms with van der Waals surface area (Å²) in [5.41, 5.74) is 15.0. The molecule has 0 saturated heterocycles. The third-order valence-electron chi connectivity index (χ3n) is 12.3. The van der Waals surface area contributed by atoms with Crippen LogP contribution in [0.5, 0.6) is 11.5 Å². The molecule has 0 spiro atoms. The van der Waals surface area contributed by atoms with Gasteiger partial charge < -0.3 is 4.74 Å². The molecule has 0 amide bonds. The number of rotatable bonds is 7. The predicted molar refractivity (Wildman–Crippen MR) is 244 cm³/mol. The van der Waals surface area contributed by atoms with Crippen molar-refractivity contribution in [3.05, 3.63) is 194 Å². The summed E-state index contributed by atoms with van der Waals surface area (Å²) in [6.45, 7) is 4.88. The van der Waals surface area contributed by atoms with Crippen molar-refractivity contribution >= 4 is 18.4 Å². The van der Waals surface area contributed by atoms with E-state index >= 15 is 0 Å². The molecule has 57 heavy (non-hydrogen) atoms. The Labute approximate surface area is 339 Å². The maximum atomic E-state index is 9.99. The minimum Gasteiger partial charge on any atom is -0.457 e. The number of hydrogen-bond acceptors (Lipinski definition) is 1. The quantitative estimate of drug-likeness (QED) is 0.147. The molecule has 1 heterocycles. The second kappa shape index (κ2) is 14.7. The zero-order valence-corrected chi connectivity index (χ0v) is 33.6. The van der Waals surface area contributed by atoms with Gasteiger partial charge in [-0.1, -0.05) is 196 Å². The van der Waals surface area contributed by atoms with Gasteiger partial charge in [-0.05, 0) is 114 Å². The van der Waals surface area contributed by atoms with E-state index in [2.05, 4.69) is 201 Å². The van der Waals surface area contributed by atoms with Crippen molar-refractivity contribution < 1.29 is 6.11 Å². The van der Waals surface area contributed by atoms with Gasteiger partial charge in [-0.2, -0.15) is 0 Å². The lowest BCUT2D eigenvalue weighted by Gasteiger charge is -2.35. The highest BCUT2D eigenvalue weighted by Gasteiger charge is 2.39. The molecule has 1 saturated carbocycles. The van der Waals surface area contributed by atoms with Crippen LogP contribution in [-0.2, 0) is 0 Å². The topological polar surface area (TPSA) is 9.23 Å². The molecule has 8 aromatic rings. The molecule has 1 fully saturated rings. The van der Waals surface area contributed by atoms with Gasteiger partial charge in [-0.3, -0.25) is 0 Å². The van der Waals surface area contributed by atoms with Crippen molar-refractivity contribution in [2.24, 2.45) is 0 Å². The molecule has 0 aromatic heterocycles. The van der Waals surface area contributed by atoms with Crippen molar-refractivity contribution in [1.82, 2.24) is 0 Å². The van der Waals surface area contributed by atoms with Crippen molar-refractivity contribution in [3.8, 4) is 78.3 Å². The highest BCUT2D eigenvalue weighted by atomic mass is 28.3. The molecule has 2 heteroatoms. The zero-order chi connectivity index (χ0) is 39.3. The van der Waals surface area contributed by atoms with Gasteiger partial charge in [0.05, 0.1) is 0 Å². The average molecular weight is 752 g/mol. The molecule has 0 atom stereocenters. The highest BCUT2D eigenvalue weighted by Crippen LogP contribution is 2.52. The van der Waals surface area contributed by atoms with E-state index in [9.17, 15) is 1.37 Å². The number of ether oxygens (including phenoxy) is 1. The summed E-state index contributed by atoms with van der Waals surface area (Å²) in [5.74, 6) is 1.22. The Bertz CT molecular complexity index is 2670. The lowest BCUT2D eigenvalue weighted by Crippen LogP contribution is -2.56. The Kier molecular flexibility index (Phi) is 8.78. The third kappa shape index (κ3) is 6.26. The van der Waals surface area contributed by atoms with Gasteiger partial charge in [0.1, 0.15) is 19.6 Å². The monoisotopic (exact) mass is 751 g/mol. The van der Waals surface area contributed by atoms with Crippen LogP contribution in [0.3, 0.4) is 0 Å². The SMILES string of the molecule is [2H]C1(c2ccc3c(c2-c2cccc(-c4c(-c5ccccc5)c(-c5ccccc5)cc(-c5ccccc5)c4-c4ccccc4)c2)Oc2ccccc2[Si]3(C)C)CCCC1. The Hall–Kier alpha value is -6.22. The number of fused-ring (bicyclic) bond motifs is 2. The first-order chi connectivity index (χ1) is 28.4. The van der Waals surface area contributed by atoms with Crippen LogP contribution in [0, 0.1) is 0 Å². The van der Waals surface area contributed by atoms with E-state index in [-0.39, 0.29) is 0 Å². The van der Waals surface area contributed by atoms with Crippen molar-refractivity contribution in [2.75, 3.05) is 0 Å². The fourth-order valence-corrected chi connectivity index (χ4v) is 12.3. The van der Waals surface area contributed by atoms with E-state index in [0.29, 0.717) is 0 Å². The first-order valence-corrected chi connectivity index (χ1v) is 23.4. The maximum absolute atomic E-state index is 9.99. The Morgan fingerprint density at radius 2 is 0.912 bits per heavy atom. The second-order valence-electron chi connectivity index (χ2n) is 16.0. The maximum Gasteiger partial charge on any atom is 0.135 e. The fraction of sp³-hybridized carbons (Fsp3) is 0.127. The van der Waals surface area contributed by atoms with Crippen LogP contribution in [0.1, 0.15) is 38.5 Å². The van der Waals surface area contributed by atoms with Gasteiger partial charge in [-0.15, -0.1) is 0 Å². The molecule has 1 nitrogen and oxygen atoms in total. The van der Waals surface area contributed by atoms with Crippen LogP contribution in [0.25, 0.3) is 66.8 Å². The van der Waals surface area contributed by atoms with Crippen LogP contribution in [0.4, 0.5) is 0 Å². The molecule has 0 unspecified atom stereocenters. The summed E-state index contributed by atoms with van der Waals surface area (Å²) in [6, 6.07) is 68.3.